The molecule has 4 nitrogen and oxygen atoms in total. The fourth-order valence-corrected chi connectivity index (χ4v) is 2.70. The molecule has 0 radical (unpaired) electrons. The lowest BCUT2D eigenvalue weighted by molar-refractivity contribution is -0.128. The number of carbonyl (C=O) groups excluding carboxylic acids is 1. The van der Waals surface area contributed by atoms with Gasteiger partial charge in [-0.25, -0.2) is 0 Å². The Morgan fingerprint density at radius 3 is 2.82 bits per heavy atom. The fraction of sp³-hybridized carbons (Fsp3) is 0.923. The van der Waals surface area contributed by atoms with Crippen molar-refractivity contribution < 1.29 is 9.53 Å². The summed E-state index contributed by atoms with van der Waals surface area (Å²) in [6.07, 6.45) is 7.27. The Morgan fingerprint density at radius 1 is 1.47 bits per heavy atom. The van der Waals surface area contributed by atoms with Crippen LogP contribution < -0.4 is 11.1 Å². The summed E-state index contributed by atoms with van der Waals surface area (Å²) in [5.74, 6) is -0.200. The highest BCUT2D eigenvalue weighted by molar-refractivity contribution is 5.85. The summed E-state index contributed by atoms with van der Waals surface area (Å²) in [4.78, 5) is 11.8. The Hall–Kier alpha value is -0.610. The van der Waals surface area contributed by atoms with Crippen molar-refractivity contribution in [3.8, 4) is 0 Å². The van der Waals surface area contributed by atoms with E-state index in [9.17, 15) is 4.79 Å². The van der Waals surface area contributed by atoms with E-state index in [-0.39, 0.29) is 12.0 Å². The topological polar surface area (TPSA) is 64.3 Å². The summed E-state index contributed by atoms with van der Waals surface area (Å²) in [5.41, 5.74) is 5.11. The molecule has 4 heteroatoms. The molecule has 0 saturated heterocycles. The highest BCUT2D eigenvalue weighted by atomic mass is 16.5. The van der Waals surface area contributed by atoms with Crippen LogP contribution in [0.15, 0.2) is 0 Å². The van der Waals surface area contributed by atoms with Crippen LogP contribution in [0.4, 0.5) is 0 Å². The summed E-state index contributed by atoms with van der Waals surface area (Å²) in [6.45, 7) is 2.88. The van der Waals surface area contributed by atoms with Crippen molar-refractivity contribution in [2.24, 2.45) is 5.73 Å². The number of carbonyl (C=O) groups is 1. The standard InChI is InChI=1S/C13H24N2O2/c1-2-8-17-11-4-3-7-13(9-11,12(14)16)15-10-5-6-10/h10-11,15H,2-9H2,1H3,(H2,14,16). The molecule has 2 fully saturated rings. The first-order chi connectivity index (χ1) is 8.16. The second-order valence-electron chi connectivity index (χ2n) is 5.45. The van der Waals surface area contributed by atoms with Gasteiger partial charge in [0.1, 0.15) is 5.54 Å². The van der Waals surface area contributed by atoms with Crippen molar-refractivity contribution in [1.29, 1.82) is 0 Å². The molecule has 2 rings (SSSR count). The van der Waals surface area contributed by atoms with Crippen LogP contribution in [0, 0.1) is 0 Å². The van der Waals surface area contributed by atoms with Gasteiger partial charge in [-0.1, -0.05) is 6.92 Å². The van der Waals surface area contributed by atoms with Crippen LogP contribution in [0.1, 0.15) is 51.9 Å². The van der Waals surface area contributed by atoms with E-state index >= 15 is 0 Å². The lowest BCUT2D eigenvalue weighted by atomic mass is 9.79. The van der Waals surface area contributed by atoms with E-state index in [1.165, 1.54) is 12.8 Å². The summed E-state index contributed by atoms with van der Waals surface area (Å²) >= 11 is 0. The van der Waals surface area contributed by atoms with Gasteiger partial charge in [0, 0.05) is 19.1 Å². The molecule has 0 spiro atoms. The molecular formula is C13H24N2O2. The molecule has 2 saturated carbocycles. The third kappa shape index (κ3) is 3.19. The molecule has 98 valence electrons. The minimum absolute atomic E-state index is 0.197. The maximum Gasteiger partial charge on any atom is 0.237 e. The summed E-state index contributed by atoms with van der Waals surface area (Å²) in [7, 11) is 0. The van der Waals surface area contributed by atoms with Gasteiger partial charge in [0.15, 0.2) is 0 Å². The van der Waals surface area contributed by atoms with Gasteiger partial charge in [-0.3, -0.25) is 4.79 Å². The van der Waals surface area contributed by atoms with Crippen LogP contribution in [-0.4, -0.2) is 30.2 Å². The molecule has 0 bridgehead atoms. The lowest BCUT2D eigenvalue weighted by Gasteiger charge is -2.39. The number of primary amides is 1. The molecular weight excluding hydrogens is 216 g/mol. The van der Waals surface area contributed by atoms with Gasteiger partial charge in [0.2, 0.25) is 5.91 Å². The van der Waals surface area contributed by atoms with Crippen molar-refractivity contribution in [2.45, 2.75) is 69.6 Å². The van der Waals surface area contributed by atoms with E-state index in [1.807, 2.05) is 0 Å². The Bertz CT molecular complexity index is 279. The molecule has 2 aliphatic carbocycles. The zero-order chi connectivity index (χ0) is 12.3. The molecule has 2 aliphatic rings. The van der Waals surface area contributed by atoms with Crippen molar-refractivity contribution >= 4 is 5.91 Å². The number of ether oxygens (including phenoxy) is 1. The largest absolute Gasteiger partial charge is 0.378 e. The molecule has 17 heavy (non-hydrogen) atoms. The number of hydrogen-bond donors (Lipinski definition) is 2. The maximum atomic E-state index is 11.8. The van der Waals surface area contributed by atoms with E-state index in [0.717, 1.165) is 38.7 Å². The molecule has 2 atom stereocenters. The normalized spacial score (nSPS) is 33.6. The first-order valence-electron chi connectivity index (χ1n) is 6.85. The first-order valence-corrected chi connectivity index (χ1v) is 6.85. The van der Waals surface area contributed by atoms with Gasteiger partial charge in [-0.2, -0.15) is 0 Å². The predicted molar refractivity (Wildman–Crippen MR) is 66.6 cm³/mol. The number of nitrogens with two attached hydrogens (primary N) is 1. The summed E-state index contributed by atoms with van der Waals surface area (Å²) < 4.78 is 5.79. The van der Waals surface area contributed by atoms with Crippen LogP contribution in [-0.2, 0) is 9.53 Å². The average Bonchev–Trinajstić information content (AvgIpc) is 3.10. The van der Waals surface area contributed by atoms with Crippen LogP contribution in [0.5, 0.6) is 0 Å². The molecule has 1 amide bonds. The van der Waals surface area contributed by atoms with Gasteiger partial charge < -0.3 is 15.8 Å². The Morgan fingerprint density at radius 2 is 2.24 bits per heavy atom. The molecule has 0 aromatic carbocycles. The van der Waals surface area contributed by atoms with Gasteiger partial charge in [0.25, 0.3) is 0 Å². The quantitative estimate of drug-likeness (QED) is 0.736. The highest BCUT2D eigenvalue weighted by Crippen LogP contribution is 2.33. The zero-order valence-corrected chi connectivity index (χ0v) is 10.7. The second kappa shape index (κ2) is 5.36. The Balaban J connectivity index is 1.96. The monoisotopic (exact) mass is 240 g/mol. The van der Waals surface area contributed by atoms with Gasteiger partial charge in [-0.05, 0) is 38.5 Å². The number of nitrogens with one attached hydrogen (secondary N) is 1. The predicted octanol–water partition coefficient (Wildman–Crippen LogP) is 1.33. The van der Waals surface area contributed by atoms with Crippen LogP contribution in [0.3, 0.4) is 0 Å². The Kier molecular flexibility index (Phi) is 4.05. The van der Waals surface area contributed by atoms with Gasteiger partial charge >= 0.3 is 0 Å². The molecule has 0 aromatic heterocycles. The van der Waals surface area contributed by atoms with Crippen LogP contribution in [0.25, 0.3) is 0 Å². The summed E-state index contributed by atoms with van der Waals surface area (Å²) in [5, 5.41) is 3.46. The first kappa shape index (κ1) is 12.8. The summed E-state index contributed by atoms with van der Waals surface area (Å²) in [6, 6.07) is 0.507. The van der Waals surface area contributed by atoms with Gasteiger partial charge in [0.05, 0.1) is 6.10 Å². The van der Waals surface area contributed by atoms with Crippen molar-refractivity contribution in [2.75, 3.05) is 6.61 Å². The molecule has 0 heterocycles. The molecule has 0 aromatic rings. The fourth-order valence-electron chi connectivity index (χ4n) is 2.70. The number of rotatable bonds is 6. The van der Waals surface area contributed by atoms with E-state index in [4.69, 9.17) is 10.5 Å². The van der Waals surface area contributed by atoms with E-state index < -0.39 is 5.54 Å². The number of hydrogen-bond acceptors (Lipinski definition) is 3. The van der Waals surface area contributed by atoms with E-state index in [2.05, 4.69) is 12.2 Å². The number of amides is 1. The lowest BCUT2D eigenvalue weighted by Crippen LogP contribution is -2.59. The molecule has 0 aliphatic heterocycles. The van der Waals surface area contributed by atoms with Crippen molar-refractivity contribution in [1.82, 2.24) is 5.32 Å². The molecule has 2 unspecified atom stereocenters. The van der Waals surface area contributed by atoms with E-state index in [1.54, 1.807) is 0 Å². The van der Waals surface area contributed by atoms with E-state index in [0.29, 0.717) is 6.04 Å². The minimum Gasteiger partial charge on any atom is -0.378 e. The van der Waals surface area contributed by atoms with Gasteiger partial charge in [-0.15, -0.1) is 0 Å². The van der Waals surface area contributed by atoms with Crippen LogP contribution in [0.2, 0.25) is 0 Å². The van der Waals surface area contributed by atoms with Crippen molar-refractivity contribution in [3.63, 3.8) is 0 Å². The highest BCUT2D eigenvalue weighted by Gasteiger charge is 2.44. The second-order valence-corrected chi connectivity index (χ2v) is 5.45. The van der Waals surface area contributed by atoms with Crippen LogP contribution >= 0.6 is 0 Å². The Labute approximate surface area is 103 Å². The zero-order valence-electron chi connectivity index (χ0n) is 10.7. The maximum absolute atomic E-state index is 11.8. The SMILES string of the molecule is CCCOC1CCCC(NC2CC2)(C(N)=O)C1. The average molecular weight is 240 g/mol. The third-order valence-electron chi connectivity index (χ3n) is 3.79. The smallest absolute Gasteiger partial charge is 0.237 e. The third-order valence-corrected chi connectivity index (χ3v) is 3.79. The molecule has 3 N–H and O–H groups in total. The minimum atomic E-state index is -0.502. The van der Waals surface area contributed by atoms with Crippen molar-refractivity contribution in [3.05, 3.63) is 0 Å².